The smallest absolute Gasteiger partial charge is 0.0307 e. The lowest BCUT2D eigenvalue weighted by molar-refractivity contribution is 0.909. The third-order valence-corrected chi connectivity index (χ3v) is 1.28. The van der Waals surface area contributed by atoms with Crippen LogP contribution in [0.2, 0.25) is 0 Å². The molecule has 0 nitrogen and oxygen atoms in total. The van der Waals surface area contributed by atoms with Crippen molar-refractivity contribution in [1.82, 2.24) is 0 Å². The van der Waals surface area contributed by atoms with Crippen LogP contribution in [-0.2, 0) is 0 Å². The van der Waals surface area contributed by atoms with Gasteiger partial charge in [-0.05, 0) is 19.3 Å². The first kappa shape index (κ1) is 8.65. The van der Waals surface area contributed by atoms with Crippen LogP contribution in [0.4, 0.5) is 0 Å². The second-order valence-corrected chi connectivity index (χ2v) is 2.21. The van der Waals surface area contributed by atoms with Gasteiger partial charge in [-0.25, -0.2) is 0 Å². The summed E-state index contributed by atoms with van der Waals surface area (Å²) < 4.78 is 0. The van der Waals surface area contributed by atoms with Crippen molar-refractivity contribution >= 4 is 14.7 Å². The predicted octanol–water partition coefficient (Wildman–Crippen LogP) is 2.84. The first-order chi connectivity index (χ1) is 4.41. The lowest BCUT2D eigenvalue weighted by Crippen LogP contribution is -1.70. The number of rotatable bonds is 5. The normalized spacial score (nSPS) is 9.78. The summed E-state index contributed by atoms with van der Waals surface area (Å²) in [6.45, 7) is 3.57. The molecule has 0 fully saturated rings. The molecule has 0 aromatic carbocycles. The van der Waals surface area contributed by atoms with E-state index in [1.165, 1.54) is 6.42 Å². The summed E-state index contributed by atoms with van der Waals surface area (Å²) in [5.74, 6) is 2.00. The highest BCUT2D eigenvalue weighted by Gasteiger charge is 1.76. The van der Waals surface area contributed by atoms with E-state index in [9.17, 15) is 0 Å². The molecule has 0 aromatic rings. The third kappa shape index (κ3) is 7.65. The van der Waals surface area contributed by atoms with Crippen molar-refractivity contribution < 1.29 is 0 Å². The Morgan fingerprint density at radius 2 is 2.11 bits per heavy atom. The number of hydrogen-bond donors (Lipinski definition) is 0. The van der Waals surface area contributed by atoms with Crippen LogP contribution in [0.15, 0.2) is 24.8 Å². The van der Waals surface area contributed by atoms with Gasteiger partial charge in [-0.1, -0.05) is 30.6 Å². The van der Waals surface area contributed by atoms with E-state index in [2.05, 4.69) is 21.5 Å². The Kier molecular flexibility index (Phi) is 7.35. The van der Waals surface area contributed by atoms with Crippen LogP contribution in [-0.4, -0.2) is 5.80 Å². The zero-order chi connectivity index (χ0) is 6.95. The minimum atomic E-state index is 1.14. The summed E-state index contributed by atoms with van der Waals surface area (Å²) in [6.07, 6.45) is 9.41. The molecule has 0 spiro atoms. The maximum absolute atomic E-state index is 3.57. The van der Waals surface area contributed by atoms with Crippen LogP contribution in [0.3, 0.4) is 0 Å². The molecule has 0 aromatic heterocycles. The quantitative estimate of drug-likeness (QED) is 0.313. The molecule has 0 aliphatic heterocycles. The van der Waals surface area contributed by atoms with E-state index in [1.807, 2.05) is 11.9 Å². The van der Waals surface area contributed by atoms with Crippen LogP contribution in [0.1, 0.15) is 19.3 Å². The Labute approximate surface area is 59.5 Å². The lowest BCUT2D eigenvalue weighted by atomic mass is 10.2. The van der Waals surface area contributed by atoms with Crippen molar-refractivity contribution in [2.45, 2.75) is 19.3 Å². The second-order valence-electron chi connectivity index (χ2n) is 1.80. The highest BCUT2D eigenvalue weighted by molar-refractivity contribution is 7.18. The fourth-order valence-electron chi connectivity index (χ4n) is 0.530. The average molecular weight is 140 g/mol. The summed E-state index contributed by atoms with van der Waals surface area (Å²) >= 11 is 0. The molecule has 0 bridgehead atoms. The van der Waals surface area contributed by atoms with Crippen molar-refractivity contribution in [2.24, 2.45) is 0 Å². The van der Waals surface area contributed by atoms with E-state index in [1.54, 1.807) is 6.08 Å². The maximum atomic E-state index is 3.57. The molecule has 0 saturated carbocycles. The minimum absolute atomic E-state index is 1.14. The molecule has 0 aliphatic carbocycles. The van der Waals surface area contributed by atoms with E-state index >= 15 is 0 Å². The lowest BCUT2D eigenvalue weighted by Gasteiger charge is -1.85. The molecule has 50 valence electrons. The molecule has 0 heterocycles. The van der Waals surface area contributed by atoms with Crippen molar-refractivity contribution in [2.75, 3.05) is 0 Å². The summed E-state index contributed by atoms with van der Waals surface area (Å²) in [5.41, 5.74) is 0. The molecule has 0 N–H and O–H groups in total. The summed E-state index contributed by atoms with van der Waals surface area (Å²) in [6, 6.07) is 0. The number of unbranched alkanes of at least 4 members (excludes halogenated alkanes) is 2. The Bertz CT molecular complexity index is 103. The number of hydrogen-bond acceptors (Lipinski definition) is 0. The van der Waals surface area contributed by atoms with Gasteiger partial charge in [-0.3, -0.25) is 0 Å². The molecule has 9 heavy (non-hydrogen) atoms. The topological polar surface area (TPSA) is 0 Å². The fraction of sp³-hybridized carbons (Fsp3) is 0.375. The molecule has 0 atom stereocenters. The molecular formula is C8H13P. The van der Waals surface area contributed by atoms with Gasteiger partial charge < -0.3 is 0 Å². The van der Waals surface area contributed by atoms with Gasteiger partial charge in [-0.15, -0.1) is 8.86 Å². The van der Waals surface area contributed by atoms with Gasteiger partial charge in [0.15, 0.2) is 0 Å². The van der Waals surface area contributed by atoms with Gasteiger partial charge in [0.25, 0.3) is 0 Å². The number of allylic oxidation sites excluding steroid dienone is 3. The van der Waals surface area contributed by atoms with E-state index < -0.39 is 0 Å². The molecule has 0 radical (unpaired) electrons. The first-order valence-corrected chi connectivity index (χ1v) is 3.76. The van der Waals surface area contributed by atoms with Crippen LogP contribution in [0, 0.1) is 0 Å². The van der Waals surface area contributed by atoms with Gasteiger partial charge in [0.05, 0.1) is 0 Å². The standard InChI is InChI=1S/C8H13P/c1-2-3-4-5-6-7-8-9/h2-4,8-9H,1,5-7H2/b4-3+. The Morgan fingerprint density at radius 3 is 2.67 bits per heavy atom. The summed E-state index contributed by atoms with van der Waals surface area (Å²) in [7, 11) is 3.29. The molecule has 0 saturated heterocycles. The predicted molar refractivity (Wildman–Crippen MR) is 47.6 cm³/mol. The van der Waals surface area contributed by atoms with Crippen LogP contribution in [0.5, 0.6) is 0 Å². The van der Waals surface area contributed by atoms with Crippen LogP contribution < -0.4 is 0 Å². The molecule has 0 aliphatic rings. The van der Waals surface area contributed by atoms with Gasteiger partial charge in [0.1, 0.15) is 0 Å². The Hall–Kier alpha value is -0.350. The van der Waals surface area contributed by atoms with Gasteiger partial charge in [0, 0.05) is 0 Å². The first-order valence-electron chi connectivity index (χ1n) is 3.18. The SMILES string of the molecule is C=C/C=C/CCCC=P. The zero-order valence-electron chi connectivity index (χ0n) is 5.64. The van der Waals surface area contributed by atoms with E-state index in [-0.39, 0.29) is 0 Å². The fourth-order valence-corrected chi connectivity index (χ4v) is 0.734. The second kappa shape index (κ2) is 7.65. The Morgan fingerprint density at radius 1 is 1.33 bits per heavy atom. The average Bonchev–Trinajstić information content (AvgIpc) is 1.89. The van der Waals surface area contributed by atoms with Crippen molar-refractivity contribution in [3.63, 3.8) is 0 Å². The van der Waals surface area contributed by atoms with Gasteiger partial charge >= 0.3 is 0 Å². The van der Waals surface area contributed by atoms with E-state index in [4.69, 9.17) is 0 Å². The summed E-state index contributed by atoms with van der Waals surface area (Å²) in [5, 5.41) is 0. The zero-order valence-corrected chi connectivity index (χ0v) is 6.64. The largest absolute Gasteiger partial charge is 0.127 e. The minimum Gasteiger partial charge on any atom is -0.127 e. The molecule has 1 heteroatoms. The monoisotopic (exact) mass is 140 g/mol. The maximum Gasteiger partial charge on any atom is -0.0307 e. The van der Waals surface area contributed by atoms with Crippen LogP contribution >= 0.6 is 8.86 Å². The van der Waals surface area contributed by atoms with E-state index in [0.29, 0.717) is 0 Å². The van der Waals surface area contributed by atoms with E-state index in [0.717, 1.165) is 12.8 Å². The molecule has 0 amide bonds. The van der Waals surface area contributed by atoms with Gasteiger partial charge in [0.2, 0.25) is 0 Å². The van der Waals surface area contributed by atoms with Crippen molar-refractivity contribution in [3.05, 3.63) is 24.8 Å². The molecule has 0 rings (SSSR count). The highest BCUT2D eigenvalue weighted by atomic mass is 31.0. The van der Waals surface area contributed by atoms with Crippen molar-refractivity contribution in [1.29, 1.82) is 0 Å². The highest BCUT2D eigenvalue weighted by Crippen LogP contribution is 1.94. The van der Waals surface area contributed by atoms with Gasteiger partial charge in [-0.2, -0.15) is 0 Å². The van der Waals surface area contributed by atoms with Crippen molar-refractivity contribution in [3.8, 4) is 0 Å². The molecule has 0 unspecified atom stereocenters. The summed E-state index contributed by atoms with van der Waals surface area (Å²) in [4.78, 5) is 0. The molecular weight excluding hydrogens is 127 g/mol. The Balaban J connectivity index is 2.98. The third-order valence-electron chi connectivity index (χ3n) is 0.991. The van der Waals surface area contributed by atoms with Crippen LogP contribution in [0.25, 0.3) is 0 Å².